The normalized spacial score (nSPS) is 26.0. The van der Waals surface area contributed by atoms with Gasteiger partial charge in [0.25, 0.3) is 0 Å². The monoisotopic (exact) mass is 379 g/mol. The van der Waals surface area contributed by atoms with Crippen LogP contribution >= 0.6 is 0 Å². The summed E-state index contributed by atoms with van der Waals surface area (Å²) >= 11 is 0. The molecule has 3 rings (SSSR count). The second-order valence-electron chi connectivity index (χ2n) is 7.42. The van der Waals surface area contributed by atoms with Crippen LogP contribution in [0.1, 0.15) is 33.1 Å². The molecule has 0 N–H and O–H groups in total. The van der Waals surface area contributed by atoms with Gasteiger partial charge in [0.15, 0.2) is 0 Å². The number of sulfonamides is 1. The van der Waals surface area contributed by atoms with Crippen molar-refractivity contribution in [3.63, 3.8) is 0 Å². The van der Waals surface area contributed by atoms with Crippen molar-refractivity contribution in [1.82, 2.24) is 14.1 Å². The van der Waals surface area contributed by atoms with E-state index in [2.05, 4.69) is 18.7 Å². The molecule has 1 amide bonds. The molecule has 2 heterocycles. The van der Waals surface area contributed by atoms with Crippen LogP contribution in [0.3, 0.4) is 0 Å². The molecule has 2 fully saturated rings. The Kier molecular flexibility index (Phi) is 5.99. The summed E-state index contributed by atoms with van der Waals surface area (Å²) in [5.74, 6) is 0.170. The number of hydrogen-bond acceptors (Lipinski definition) is 4. The van der Waals surface area contributed by atoms with E-state index >= 15 is 0 Å². The number of carbonyl (C=O) groups is 1. The summed E-state index contributed by atoms with van der Waals surface area (Å²) in [5.41, 5.74) is 0. The first kappa shape index (κ1) is 19.3. The molecule has 6 nitrogen and oxygen atoms in total. The van der Waals surface area contributed by atoms with Crippen molar-refractivity contribution in [2.75, 3.05) is 32.7 Å². The van der Waals surface area contributed by atoms with E-state index in [4.69, 9.17) is 0 Å². The van der Waals surface area contributed by atoms with E-state index in [1.54, 1.807) is 24.3 Å². The van der Waals surface area contributed by atoms with Crippen molar-refractivity contribution < 1.29 is 13.2 Å². The van der Waals surface area contributed by atoms with Crippen molar-refractivity contribution in [3.05, 3.63) is 30.3 Å². The predicted octanol–water partition coefficient (Wildman–Crippen LogP) is 1.78. The van der Waals surface area contributed by atoms with E-state index < -0.39 is 10.0 Å². The molecular weight excluding hydrogens is 350 g/mol. The van der Waals surface area contributed by atoms with Gasteiger partial charge in [0.1, 0.15) is 0 Å². The fraction of sp³-hybridized carbons (Fsp3) is 0.632. The van der Waals surface area contributed by atoms with Crippen LogP contribution in [0.5, 0.6) is 0 Å². The van der Waals surface area contributed by atoms with E-state index in [0.29, 0.717) is 49.7 Å². The molecule has 0 spiro atoms. The minimum Gasteiger partial charge on any atom is -0.336 e. The van der Waals surface area contributed by atoms with Gasteiger partial charge in [-0.1, -0.05) is 18.2 Å². The molecule has 0 radical (unpaired) electrons. The average molecular weight is 380 g/mol. The van der Waals surface area contributed by atoms with E-state index in [1.165, 1.54) is 10.7 Å². The van der Waals surface area contributed by atoms with Crippen LogP contribution in [0.4, 0.5) is 0 Å². The summed E-state index contributed by atoms with van der Waals surface area (Å²) < 4.78 is 26.9. The standard InChI is InChI=1S/C19H29N3O3S/c1-16-7-6-8-17(2)22(16)19(23)15-20-11-13-21(14-12-20)26(24,25)18-9-4-3-5-10-18/h3-5,9-10,16-17H,6-8,11-15H2,1-2H3/t16-,17-/m1/s1. The lowest BCUT2D eigenvalue weighted by Crippen LogP contribution is -2.54. The van der Waals surface area contributed by atoms with Gasteiger partial charge in [-0.3, -0.25) is 9.69 Å². The lowest BCUT2D eigenvalue weighted by atomic mass is 9.97. The summed E-state index contributed by atoms with van der Waals surface area (Å²) in [6.07, 6.45) is 3.32. The van der Waals surface area contributed by atoms with Crippen LogP contribution in [0.2, 0.25) is 0 Å². The van der Waals surface area contributed by atoms with Gasteiger partial charge in [-0.25, -0.2) is 8.42 Å². The van der Waals surface area contributed by atoms with Gasteiger partial charge in [0.2, 0.25) is 15.9 Å². The van der Waals surface area contributed by atoms with Crippen LogP contribution in [0, 0.1) is 0 Å². The van der Waals surface area contributed by atoms with Crippen molar-refractivity contribution in [3.8, 4) is 0 Å². The van der Waals surface area contributed by atoms with Crippen LogP contribution < -0.4 is 0 Å². The van der Waals surface area contributed by atoms with Gasteiger partial charge in [-0.05, 0) is 45.2 Å². The van der Waals surface area contributed by atoms with Crippen molar-refractivity contribution in [2.24, 2.45) is 0 Å². The highest BCUT2D eigenvalue weighted by atomic mass is 32.2. The van der Waals surface area contributed by atoms with E-state index in [1.807, 2.05) is 11.0 Å². The number of hydrogen-bond donors (Lipinski definition) is 0. The lowest BCUT2D eigenvalue weighted by Gasteiger charge is -2.41. The summed E-state index contributed by atoms with van der Waals surface area (Å²) in [6.45, 7) is 6.66. The van der Waals surface area contributed by atoms with Gasteiger partial charge in [0, 0.05) is 38.3 Å². The second-order valence-corrected chi connectivity index (χ2v) is 9.36. The molecule has 2 aliphatic heterocycles. The van der Waals surface area contributed by atoms with Crippen molar-refractivity contribution >= 4 is 15.9 Å². The number of piperidine rings is 1. The first-order valence-corrected chi connectivity index (χ1v) is 10.9. The number of benzene rings is 1. The highest BCUT2D eigenvalue weighted by Crippen LogP contribution is 2.23. The first-order chi connectivity index (χ1) is 12.4. The zero-order valence-electron chi connectivity index (χ0n) is 15.7. The van der Waals surface area contributed by atoms with Gasteiger partial charge >= 0.3 is 0 Å². The minimum atomic E-state index is -3.44. The topological polar surface area (TPSA) is 60.9 Å². The molecule has 0 unspecified atom stereocenters. The van der Waals surface area contributed by atoms with Gasteiger partial charge in [0.05, 0.1) is 11.4 Å². The zero-order chi connectivity index (χ0) is 18.7. The number of nitrogens with zero attached hydrogens (tertiary/aromatic N) is 3. The van der Waals surface area contributed by atoms with Crippen LogP contribution in [-0.2, 0) is 14.8 Å². The van der Waals surface area contributed by atoms with Crippen LogP contribution in [0.25, 0.3) is 0 Å². The fourth-order valence-corrected chi connectivity index (χ4v) is 5.50. The third-order valence-corrected chi connectivity index (χ3v) is 7.47. The molecule has 26 heavy (non-hydrogen) atoms. The van der Waals surface area contributed by atoms with E-state index in [-0.39, 0.29) is 5.91 Å². The summed E-state index contributed by atoms with van der Waals surface area (Å²) in [4.78, 5) is 17.2. The number of likely N-dealkylation sites (tertiary alicyclic amines) is 1. The van der Waals surface area contributed by atoms with Gasteiger partial charge < -0.3 is 4.90 Å². The Morgan fingerprint density at radius 1 is 1.00 bits per heavy atom. The molecule has 1 aromatic rings. The van der Waals surface area contributed by atoms with Gasteiger partial charge in [-0.15, -0.1) is 0 Å². The molecule has 0 aliphatic carbocycles. The molecule has 1 aromatic carbocycles. The summed E-state index contributed by atoms with van der Waals surface area (Å²) in [5, 5.41) is 0. The maximum absolute atomic E-state index is 12.7. The molecule has 0 bridgehead atoms. The Morgan fingerprint density at radius 3 is 2.15 bits per heavy atom. The third kappa shape index (κ3) is 4.10. The van der Waals surface area contributed by atoms with Crippen molar-refractivity contribution in [1.29, 1.82) is 0 Å². The SMILES string of the molecule is C[C@@H]1CCC[C@@H](C)N1C(=O)CN1CCN(S(=O)(=O)c2ccccc2)CC1. The predicted molar refractivity (Wildman–Crippen MR) is 101 cm³/mol. The largest absolute Gasteiger partial charge is 0.336 e. The average Bonchev–Trinajstić information content (AvgIpc) is 2.63. The van der Waals surface area contributed by atoms with Gasteiger partial charge in [-0.2, -0.15) is 4.31 Å². The van der Waals surface area contributed by atoms with E-state index in [9.17, 15) is 13.2 Å². The molecule has 2 saturated heterocycles. The molecule has 0 saturated carbocycles. The zero-order valence-corrected chi connectivity index (χ0v) is 16.5. The summed E-state index contributed by atoms with van der Waals surface area (Å²) in [7, 11) is -3.44. The maximum Gasteiger partial charge on any atom is 0.243 e. The molecule has 7 heteroatoms. The smallest absolute Gasteiger partial charge is 0.243 e. The number of amides is 1. The number of rotatable bonds is 4. The molecule has 2 atom stereocenters. The third-order valence-electron chi connectivity index (χ3n) is 5.55. The number of piperazine rings is 1. The summed E-state index contributed by atoms with van der Waals surface area (Å²) in [6, 6.07) is 9.14. The fourth-order valence-electron chi connectivity index (χ4n) is 4.06. The highest BCUT2D eigenvalue weighted by molar-refractivity contribution is 7.89. The number of carbonyl (C=O) groups excluding carboxylic acids is 1. The van der Waals surface area contributed by atoms with Crippen LogP contribution in [-0.4, -0.2) is 73.2 Å². The minimum absolute atomic E-state index is 0.170. The van der Waals surface area contributed by atoms with E-state index in [0.717, 1.165) is 12.8 Å². The molecule has 0 aromatic heterocycles. The second kappa shape index (κ2) is 8.06. The Morgan fingerprint density at radius 2 is 1.58 bits per heavy atom. The molecule has 144 valence electrons. The highest BCUT2D eigenvalue weighted by Gasteiger charge is 2.32. The van der Waals surface area contributed by atoms with Crippen LogP contribution in [0.15, 0.2) is 35.2 Å². The first-order valence-electron chi connectivity index (χ1n) is 9.48. The Hall–Kier alpha value is -1.44. The maximum atomic E-state index is 12.7. The lowest BCUT2D eigenvalue weighted by molar-refractivity contribution is -0.138. The molecule has 2 aliphatic rings. The Labute approximate surface area is 156 Å². The quantitative estimate of drug-likeness (QED) is 0.800. The van der Waals surface area contributed by atoms with Crippen molar-refractivity contribution in [2.45, 2.75) is 50.1 Å². The molecular formula is C19H29N3O3S. The Bertz CT molecular complexity index is 705. The Balaban J connectivity index is 1.56.